The van der Waals surface area contributed by atoms with Crippen LogP contribution < -0.4 is 5.32 Å². The van der Waals surface area contributed by atoms with Crippen LogP contribution in [0.3, 0.4) is 0 Å². The summed E-state index contributed by atoms with van der Waals surface area (Å²) >= 11 is 0. The highest BCUT2D eigenvalue weighted by Crippen LogP contribution is 2.23. The first kappa shape index (κ1) is 33.4. The van der Waals surface area contributed by atoms with Crippen molar-refractivity contribution in [1.82, 2.24) is 0 Å². The lowest BCUT2D eigenvalue weighted by Gasteiger charge is -2.10. The molecule has 0 fully saturated rings. The highest BCUT2D eigenvalue weighted by atomic mass is 14.9. The van der Waals surface area contributed by atoms with Gasteiger partial charge < -0.3 is 5.32 Å². The summed E-state index contributed by atoms with van der Waals surface area (Å²) in [5.41, 5.74) is 9.57. The predicted molar refractivity (Wildman–Crippen MR) is 162 cm³/mol. The molecule has 1 nitrogen and oxygen atoms in total. The molecule has 0 heterocycles. The second-order valence-corrected chi connectivity index (χ2v) is 7.55. The quantitative estimate of drug-likeness (QED) is 0.315. The highest BCUT2D eigenvalue weighted by molar-refractivity contribution is 5.60. The van der Waals surface area contributed by atoms with Gasteiger partial charge in [0.05, 0.1) is 0 Å². The lowest BCUT2D eigenvalue weighted by molar-refractivity contribution is 1.30. The monoisotopic (exact) mass is 467 g/mol. The van der Waals surface area contributed by atoms with Crippen LogP contribution in [-0.4, -0.2) is 0 Å². The molecule has 2 aromatic rings. The van der Waals surface area contributed by atoms with Crippen molar-refractivity contribution >= 4 is 11.4 Å². The van der Waals surface area contributed by atoms with Crippen molar-refractivity contribution in [3.05, 3.63) is 132 Å². The number of hydrogen-bond acceptors (Lipinski definition) is 1. The van der Waals surface area contributed by atoms with E-state index in [2.05, 4.69) is 126 Å². The zero-order chi connectivity index (χ0) is 27.2. The molecule has 0 radical (unpaired) electrons. The molecule has 0 amide bonds. The molecule has 186 valence electrons. The van der Waals surface area contributed by atoms with Gasteiger partial charge in [-0.2, -0.15) is 0 Å². The minimum absolute atomic E-state index is 1.06. The Balaban J connectivity index is 0. The second kappa shape index (κ2) is 20.8. The number of rotatable bonds is 7. The molecule has 0 saturated carbocycles. The summed E-state index contributed by atoms with van der Waals surface area (Å²) in [5, 5.41) is 3.36. The van der Waals surface area contributed by atoms with E-state index < -0.39 is 0 Å². The van der Waals surface area contributed by atoms with Gasteiger partial charge >= 0.3 is 0 Å². The Morgan fingerprint density at radius 2 is 1.03 bits per heavy atom. The summed E-state index contributed by atoms with van der Waals surface area (Å²) in [6.45, 7) is 24.1. The molecule has 0 spiro atoms. The third-order valence-electron chi connectivity index (χ3n) is 4.64. The third kappa shape index (κ3) is 13.5. The van der Waals surface area contributed by atoms with Crippen LogP contribution >= 0.6 is 0 Å². The van der Waals surface area contributed by atoms with Gasteiger partial charge in [-0.25, -0.2) is 0 Å². The first-order valence-corrected chi connectivity index (χ1v) is 12.0. The van der Waals surface area contributed by atoms with E-state index in [4.69, 9.17) is 0 Å². The van der Waals surface area contributed by atoms with Crippen LogP contribution in [0.15, 0.2) is 120 Å². The van der Waals surface area contributed by atoms with Gasteiger partial charge in [0, 0.05) is 11.4 Å². The molecule has 0 aliphatic rings. The minimum atomic E-state index is 1.06. The number of anilines is 2. The van der Waals surface area contributed by atoms with E-state index in [1.165, 1.54) is 27.8 Å². The van der Waals surface area contributed by atoms with E-state index in [9.17, 15) is 0 Å². The summed E-state index contributed by atoms with van der Waals surface area (Å²) in [4.78, 5) is 0. The molecule has 0 aliphatic carbocycles. The lowest BCUT2D eigenvalue weighted by atomic mass is 9.95. The number of allylic oxidation sites excluding steroid dienone is 10. The van der Waals surface area contributed by atoms with E-state index >= 15 is 0 Å². The molecule has 0 atom stereocenters. The average molecular weight is 468 g/mol. The molecule has 1 heteroatoms. The number of aryl methyl sites for hydroxylation is 2. The maximum Gasteiger partial charge on any atom is 0.0384 e. The van der Waals surface area contributed by atoms with Crippen molar-refractivity contribution in [2.24, 2.45) is 0 Å². The largest absolute Gasteiger partial charge is 0.356 e. The molecular formula is C34H45N. The summed E-state index contributed by atoms with van der Waals surface area (Å²) in [6.07, 6.45) is 20.0. The van der Waals surface area contributed by atoms with Gasteiger partial charge in [0.25, 0.3) is 0 Å². The van der Waals surface area contributed by atoms with E-state index in [0.29, 0.717) is 0 Å². The number of nitrogens with one attached hydrogen (secondary N) is 1. The topological polar surface area (TPSA) is 12.0 Å². The fraction of sp³-hybridized carbons (Fsp3) is 0.235. The first-order chi connectivity index (χ1) is 16.9. The van der Waals surface area contributed by atoms with Crippen molar-refractivity contribution in [2.75, 3.05) is 5.32 Å². The van der Waals surface area contributed by atoms with Crippen LogP contribution in [-0.2, 0) is 0 Å². The Morgan fingerprint density at radius 3 is 1.31 bits per heavy atom. The fourth-order valence-corrected chi connectivity index (χ4v) is 2.94. The van der Waals surface area contributed by atoms with Crippen LogP contribution in [0, 0.1) is 26.7 Å². The van der Waals surface area contributed by atoms with Gasteiger partial charge in [-0.3, -0.25) is 0 Å². The van der Waals surface area contributed by atoms with Crippen molar-refractivity contribution in [3.8, 4) is 12.8 Å². The Kier molecular flexibility index (Phi) is 19.9. The van der Waals surface area contributed by atoms with Crippen LogP contribution in [0.1, 0.15) is 52.7 Å². The highest BCUT2D eigenvalue weighted by Gasteiger charge is 2.04. The smallest absolute Gasteiger partial charge is 0.0384 e. The molecular weight excluding hydrogens is 422 g/mol. The molecule has 2 rings (SSSR count). The van der Waals surface area contributed by atoms with Gasteiger partial charge in [-0.1, -0.05) is 104 Å². The lowest BCUT2D eigenvalue weighted by Crippen LogP contribution is -1.91. The van der Waals surface area contributed by atoms with Gasteiger partial charge in [0.2, 0.25) is 0 Å². The normalized spacial score (nSPS) is 9.31. The predicted octanol–water partition coefficient (Wildman–Crippen LogP) is 10.5. The number of benzene rings is 2. The van der Waals surface area contributed by atoms with E-state index in [1.54, 1.807) is 0 Å². The van der Waals surface area contributed by atoms with Crippen LogP contribution in [0.4, 0.5) is 11.4 Å². The third-order valence-corrected chi connectivity index (χ3v) is 4.64. The van der Waals surface area contributed by atoms with Gasteiger partial charge in [-0.15, -0.1) is 12.8 Å². The maximum atomic E-state index is 4.00. The summed E-state index contributed by atoms with van der Waals surface area (Å²) < 4.78 is 0. The molecule has 0 saturated heterocycles. The fourth-order valence-electron chi connectivity index (χ4n) is 2.94. The van der Waals surface area contributed by atoms with Crippen LogP contribution in [0.2, 0.25) is 0 Å². The van der Waals surface area contributed by atoms with Gasteiger partial charge in [0.1, 0.15) is 0 Å². The van der Waals surface area contributed by atoms with Gasteiger partial charge in [0.15, 0.2) is 0 Å². The van der Waals surface area contributed by atoms with Crippen molar-refractivity contribution in [1.29, 1.82) is 0 Å². The van der Waals surface area contributed by atoms with E-state index in [0.717, 1.165) is 16.9 Å². The molecule has 35 heavy (non-hydrogen) atoms. The molecule has 1 N–H and O–H groups in total. The average Bonchev–Trinajstić information content (AvgIpc) is 2.88. The first-order valence-electron chi connectivity index (χ1n) is 12.0. The Morgan fingerprint density at radius 1 is 0.686 bits per heavy atom. The minimum Gasteiger partial charge on any atom is -0.356 e. The molecule has 0 bridgehead atoms. The van der Waals surface area contributed by atoms with Crippen LogP contribution in [0.25, 0.3) is 0 Å². The standard InChI is InChI=1S/C16H22.C14H15N.C2H6.C2H2/c1-7-11-15(13(5)6)16(12-8-2)14(9-3)10-4;1-11-3-7-13(8-4-11)15-14-9-5-12(2)6-10-14;2*1-2/h7-12H,3-4H2,1-2,5-6H3;3-10,15H,1-2H3;1-2H3;1-2H/b11-7-,12-8-;;;. The van der Waals surface area contributed by atoms with Crippen molar-refractivity contribution in [2.45, 2.75) is 55.4 Å². The zero-order valence-electron chi connectivity index (χ0n) is 23.2. The van der Waals surface area contributed by atoms with Gasteiger partial charge in [-0.05, 0) is 82.5 Å². The molecule has 2 aromatic carbocycles. The second-order valence-electron chi connectivity index (χ2n) is 7.55. The summed E-state index contributed by atoms with van der Waals surface area (Å²) in [5.74, 6) is 0. The van der Waals surface area contributed by atoms with Crippen molar-refractivity contribution < 1.29 is 0 Å². The number of terminal acetylenes is 1. The summed E-state index contributed by atoms with van der Waals surface area (Å²) in [6, 6.07) is 16.8. The Bertz CT molecular complexity index is 947. The van der Waals surface area contributed by atoms with E-state index in [-0.39, 0.29) is 0 Å². The zero-order valence-corrected chi connectivity index (χ0v) is 23.2. The Hall–Kier alpha value is -3.76. The molecule has 0 aliphatic heterocycles. The summed E-state index contributed by atoms with van der Waals surface area (Å²) in [7, 11) is 0. The number of hydrogen-bond donors (Lipinski definition) is 1. The molecule has 0 aromatic heterocycles. The van der Waals surface area contributed by atoms with Crippen LogP contribution in [0.5, 0.6) is 0 Å². The maximum absolute atomic E-state index is 4.00. The Labute approximate surface area is 216 Å². The van der Waals surface area contributed by atoms with E-state index in [1.807, 2.05) is 45.9 Å². The molecule has 0 unspecified atom stereocenters. The van der Waals surface area contributed by atoms with Crippen molar-refractivity contribution in [3.63, 3.8) is 0 Å². The SMILES string of the molecule is C#C.C=CC(C=C)=C(/C=C\C)C(/C=C\C)=C(C)C.CC.Cc1ccc(Nc2ccc(C)cc2)cc1.